The minimum Gasteiger partial charge on any atom is -0.321 e. The lowest BCUT2D eigenvalue weighted by molar-refractivity contribution is -0.143. The van der Waals surface area contributed by atoms with E-state index in [0.717, 1.165) is 15.3 Å². The predicted octanol–water partition coefficient (Wildman–Crippen LogP) is 6.72. The number of hydrogen-bond donors (Lipinski definition) is 1. The second-order valence-electron chi connectivity index (χ2n) is 6.00. The summed E-state index contributed by atoms with van der Waals surface area (Å²) in [6.07, 6.45) is -2.98. The number of rotatable bonds is 3. The van der Waals surface area contributed by atoms with Crippen molar-refractivity contribution in [3.63, 3.8) is 0 Å². The molecule has 0 unspecified atom stereocenters. The van der Waals surface area contributed by atoms with Gasteiger partial charge in [0.15, 0.2) is 0 Å². The third-order valence-electron chi connectivity index (χ3n) is 4.10. The summed E-state index contributed by atoms with van der Waals surface area (Å²) in [5.74, 6) is -0.718. The Hall–Kier alpha value is -1.94. The molecule has 1 heterocycles. The predicted molar refractivity (Wildman–Crippen MR) is 97.9 cm³/mol. The SMILES string of the molecule is CSc1sc(C(=O)Nc2cc(C(F)(F)F)cc(C(F)(F)F)c2)c2c1C=CCC2. The standard InChI is InChI=1S/C18H13F6NOS2/c1-27-16-13-5-3-2-4-12(13)14(28-16)15(26)25-11-7-9(17(19,20)21)6-10(8-11)18(22,23)24/h3,5-8H,2,4H2,1H3,(H,25,26). The molecule has 0 radical (unpaired) electrons. The van der Waals surface area contributed by atoms with Gasteiger partial charge in [-0.15, -0.1) is 23.1 Å². The van der Waals surface area contributed by atoms with E-state index in [2.05, 4.69) is 5.32 Å². The van der Waals surface area contributed by atoms with Gasteiger partial charge in [-0.1, -0.05) is 12.2 Å². The van der Waals surface area contributed by atoms with Gasteiger partial charge in [-0.05, 0) is 42.9 Å². The van der Waals surface area contributed by atoms with Gasteiger partial charge in [0.05, 0.1) is 20.2 Å². The molecule has 10 heteroatoms. The van der Waals surface area contributed by atoms with Gasteiger partial charge in [0, 0.05) is 11.3 Å². The Bertz CT molecular complexity index is 911. The van der Waals surface area contributed by atoms with Crippen molar-refractivity contribution in [2.45, 2.75) is 29.4 Å². The average molecular weight is 437 g/mol. The molecule has 3 rings (SSSR count). The number of anilines is 1. The fraction of sp³-hybridized carbons (Fsp3) is 0.278. The Morgan fingerprint density at radius 1 is 1.07 bits per heavy atom. The van der Waals surface area contributed by atoms with Crippen LogP contribution in [-0.4, -0.2) is 12.2 Å². The van der Waals surface area contributed by atoms with E-state index < -0.39 is 35.1 Å². The Morgan fingerprint density at radius 2 is 1.68 bits per heavy atom. The van der Waals surface area contributed by atoms with Crippen LogP contribution in [0.2, 0.25) is 0 Å². The third-order valence-corrected chi connectivity index (χ3v) is 6.48. The molecule has 2 nitrogen and oxygen atoms in total. The summed E-state index contributed by atoms with van der Waals surface area (Å²) >= 11 is 2.61. The summed E-state index contributed by atoms with van der Waals surface area (Å²) in [5.41, 5.74) is -1.85. The lowest BCUT2D eigenvalue weighted by Gasteiger charge is -2.15. The molecule has 1 N–H and O–H groups in total. The first-order chi connectivity index (χ1) is 13.0. The van der Waals surface area contributed by atoms with Crippen molar-refractivity contribution >= 4 is 40.8 Å². The zero-order valence-electron chi connectivity index (χ0n) is 14.3. The number of thiophene rings is 1. The van der Waals surface area contributed by atoms with Crippen LogP contribution in [0.1, 0.15) is 38.3 Å². The third kappa shape index (κ3) is 4.22. The van der Waals surface area contributed by atoms with E-state index in [1.807, 2.05) is 18.4 Å². The minimum absolute atomic E-state index is 0.0271. The first-order valence-corrected chi connectivity index (χ1v) is 10.0. The quantitative estimate of drug-likeness (QED) is 0.427. The Labute approximate surface area is 164 Å². The van der Waals surface area contributed by atoms with Crippen molar-refractivity contribution in [1.82, 2.24) is 0 Å². The molecule has 0 atom stereocenters. The zero-order valence-corrected chi connectivity index (χ0v) is 15.9. The van der Waals surface area contributed by atoms with Crippen molar-refractivity contribution in [2.75, 3.05) is 11.6 Å². The van der Waals surface area contributed by atoms with Gasteiger partial charge in [-0.2, -0.15) is 26.3 Å². The van der Waals surface area contributed by atoms with E-state index in [9.17, 15) is 31.1 Å². The number of hydrogen-bond acceptors (Lipinski definition) is 3. The number of nitrogens with one attached hydrogen (secondary N) is 1. The first kappa shape index (κ1) is 20.8. The van der Waals surface area contributed by atoms with Crippen LogP contribution in [0.3, 0.4) is 0 Å². The van der Waals surface area contributed by atoms with Crippen LogP contribution in [0.5, 0.6) is 0 Å². The highest BCUT2D eigenvalue weighted by atomic mass is 32.2. The summed E-state index contributed by atoms with van der Waals surface area (Å²) in [7, 11) is 0. The monoisotopic (exact) mass is 437 g/mol. The molecule has 0 saturated carbocycles. The van der Waals surface area contributed by atoms with Crippen molar-refractivity contribution in [3.05, 3.63) is 51.4 Å². The molecule has 1 aliphatic carbocycles. The number of halogens is 6. The van der Waals surface area contributed by atoms with Gasteiger partial charge >= 0.3 is 12.4 Å². The van der Waals surface area contributed by atoms with Crippen molar-refractivity contribution < 1.29 is 31.1 Å². The molecule has 28 heavy (non-hydrogen) atoms. The second kappa shape index (κ2) is 7.47. The van der Waals surface area contributed by atoms with Crippen LogP contribution in [0.4, 0.5) is 32.0 Å². The molecule has 2 aromatic rings. The van der Waals surface area contributed by atoms with Crippen LogP contribution >= 0.6 is 23.1 Å². The van der Waals surface area contributed by atoms with Crippen molar-refractivity contribution in [3.8, 4) is 0 Å². The molecule has 0 spiro atoms. The van der Waals surface area contributed by atoms with Crippen LogP contribution in [0, 0.1) is 0 Å². The molecule has 1 aliphatic rings. The summed E-state index contributed by atoms with van der Waals surface area (Å²) < 4.78 is 78.8. The van der Waals surface area contributed by atoms with Crippen molar-refractivity contribution in [1.29, 1.82) is 0 Å². The van der Waals surface area contributed by atoms with Crippen LogP contribution in [0.15, 0.2) is 28.5 Å². The maximum atomic E-state index is 13.0. The molecular formula is C18H13F6NOS2. The van der Waals surface area contributed by atoms with E-state index in [1.54, 1.807) is 0 Å². The summed E-state index contributed by atoms with van der Waals surface area (Å²) in [4.78, 5) is 12.9. The summed E-state index contributed by atoms with van der Waals surface area (Å²) in [6.45, 7) is 0. The molecular weight excluding hydrogens is 424 g/mol. The van der Waals surface area contributed by atoms with Gasteiger partial charge in [0.1, 0.15) is 0 Å². The number of thioether (sulfide) groups is 1. The lowest BCUT2D eigenvalue weighted by atomic mass is 9.99. The molecule has 1 amide bonds. The van der Waals surface area contributed by atoms with E-state index in [4.69, 9.17) is 0 Å². The second-order valence-corrected chi connectivity index (χ2v) is 8.10. The number of benzene rings is 1. The van der Waals surface area contributed by atoms with Crippen LogP contribution in [-0.2, 0) is 18.8 Å². The Kier molecular flexibility index (Phi) is 5.55. The number of fused-ring (bicyclic) bond motifs is 1. The van der Waals surface area contributed by atoms with Gasteiger partial charge in [-0.25, -0.2) is 0 Å². The number of carbonyl (C=O) groups excluding carboxylic acids is 1. The summed E-state index contributed by atoms with van der Waals surface area (Å²) in [6, 6.07) is 1.03. The van der Waals surface area contributed by atoms with Crippen LogP contribution < -0.4 is 5.32 Å². The first-order valence-electron chi connectivity index (χ1n) is 7.97. The Morgan fingerprint density at radius 3 is 2.21 bits per heavy atom. The molecule has 0 bridgehead atoms. The van der Waals surface area contributed by atoms with E-state index >= 15 is 0 Å². The highest BCUT2D eigenvalue weighted by Crippen LogP contribution is 2.40. The van der Waals surface area contributed by atoms with Gasteiger partial charge in [-0.3, -0.25) is 4.79 Å². The fourth-order valence-corrected chi connectivity index (χ4v) is 4.81. The fourth-order valence-electron chi connectivity index (χ4n) is 2.85. The molecule has 0 fully saturated rings. The van der Waals surface area contributed by atoms with E-state index in [0.29, 0.717) is 29.9 Å². The van der Waals surface area contributed by atoms with Crippen LogP contribution in [0.25, 0.3) is 6.08 Å². The Balaban J connectivity index is 1.99. The maximum Gasteiger partial charge on any atom is 0.416 e. The van der Waals surface area contributed by atoms with E-state index in [-0.39, 0.29) is 6.07 Å². The van der Waals surface area contributed by atoms with Gasteiger partial charge in [0.2, 0.25) is 0 Å². The number of carbonyl (C=O) groups is 1. The maximum absolute atomic E-state index is 13.0. The number of amides is 1. The topological polar surface area (TPSA) is 29.1 Å². The normalized spacial score (nSPS) is 14.1. The molecule has 150 valence electrons. The molecule has 0 aliphatic heterocycles. The molecule has 1 aromatic heterocycles. The van der Waals surface area contributed by atoms with E-state index in [1.165, 1.54) is 23.1 Å². The molecule has 1 aromatic carbocycles. The molecule has 0 saturated heterocycles. The smallest absolute Gasteiger partial charge is 0.321 e. The van der Waals surface area contributed by atoms with Crippen molar-refractivity contribution in [2.24, 2.45) is 0 Å². The average Bonchev–Trinajstić information content (AvgIpc) is 2.99. The highest BCUT2D eigenvalue weighted by Gasteiger charge is 2.37. The zero-order chi connectivity index (χ0) is 20.7. The van der Waals surface area contributed by atoms with Gasteiger partial charge < -0.3 is 5.32 Å². The number of allylic oxidation sites excluding steroid dienone is 1. The largest absolute Gasteiger partial charge is 0.416 e. The summed E-state index contributed by atoms with van der Waals surface area (Å²) in [5, 5.41) is 2.21. The highest BCUT2D eigenvalue weighted by molar-refractivity contribution is 8.00. The van der Waals surface area contributed by atoms with Gasteiger partial charge in [0.25, 0.3) is 5.91 Å². The number of alkyl halides is 6. The minimum atomic E-state index is -4.97. The lowest BCUT2D eigenvalue weighted by Crippen LogP contribution is -2.16.